The summed E-state index contributed by atoms with van der Waals surface area (Å²) in [5.74, 6) is -0.782. The van der Waals surface area contributed by atoms with Crippen LogP contribution in [0.25, 0.3) is 0 Å². The molecule has 1 aliphatic carbocycles. The first-order chi connectivity index (χ1) is 14.1. The van der Waals surface area contributed by atoms with Gasteiger partial charge in [-0.2, -0.15) is 12.7 Å². The number of nitrogens with one attached hydrogen (secondary N) is 1. The summed E-state index contributed by atoms with van der Waals surface area (Å²) < 4.78 is 42.2. The maximum atomic E-state index is 12.5. The molecule has 0 spiro atoms. The zero-order valence-corrected chi connectivity index (χ0v) is 19.6. The van der Waals surface area contributed by atoms with Crippen LogP contribution in [0.4, 0.5) is 10.6 Å². The number of nitrogens with two attached hydrogens (primary N) is 1. The quantitative estimate of drug-likeness (QED) is 0.606. The fraction of sp³-hybridized carbons (Fsp3) is 0.722. The van der Waals surface area contributed by atoms with Crippen LogP contribution >= 0.6 is 11.6 Å². The zero-order chi connectivity index (χ0) is 23.2. The second-order valence-electron chi connectivity index (χ2n) is 9.09. The van der Waals surface area contributed by atoms with Gasteiger partial charge in [-0.05, 0) is 41.0 Å². The Labute approximate surface area is 186 Å². The fourth-order valence-corrected chi connectivity index (χ4v) is 4.61. The van der Waals surface area contributed by atoms with Crippen molar-refractivity contribution in [1.29, 1.82) is 0 Å². The lowest BCUT2D eigenvalue weighted by Gasteiger charge is -2.29. The van der Waals surface area contributed by atoms with Gasteiger partial charge in [0.2, 0.25) is 0 Å². The lowest BCUT2D eigenvalue weighted by Crippen LogP contribution is -2.47. The summed E-state index contributed by atoms with van der Waals surface area (Å²) in [6.07, 6.45) is -0.160. The summed E-state index contributed by atoms with van der Waals surface area (Å²) in [4.78, 5) is 20.5. The monoisotopic (exact) mass is 477 g/mol. The van der Waals surface area contributed by atoms with Crippen LogP contribution in [0, 0.1) is 5.92 Å². The summed E-state index contributed by atoms with van der Waals surface area (Å²) in [6, 6.07) is 1.30. The van der Waals surface area contributed by atoms with E-state index >= 15 is 0 Å². The number of hydrogen-bond acceptors (Lipinski definition) is 9. The minimum atomic E-state index is -4.36. The van der Waals surface area contributed by atoms with E-state index in [1.165, 1.54) is 6.33 Å². The Morgan fingerprint density at radius 2 is 2.00 bits per heavy atom. The topological polar surface area (TPSA) is 146 Å². The van der Waals surface area contributed by atoms with E-state index in [0.29, 0.717) is 16.5 Å². The van der Waals surface area contributed by atoms with Gasteiger partial charge in [-0.25, -0.2) is 19.9 Å². The molecule has 1 aromatic rings. The van der Waals surface area contributed by atoms with E-state index in [0.717, 1.165) is 0 Å². The van der Waals surface area contributed by atoms with Crippen molar-refractivity contribution in [3.63, 3.8) is 0 Å². The Morgan fingerprint density at radius 1 is 1.35 bits per heavy atom. The molecular formula is C18H28ClN5O6S. The number of nitrogens with zero attached hydrogens (tertiary/aromatic N) is 3. The molecule has 3 rings (SSSR count). The highest BCUT2D eigenvalue weighted by Crippen LogP contribution is 2.43. The number of halogens is 1. The number of rotatable bonds is 5. The normalized spacial score (nSPS) is 27.6. The van der Waals surface area contributed by atoms with Crippen molar-refractivity contribution in [3.05, 3.63) is 17.5 Å². The minimum Gasteiger partial charge on any atom is -0.443 e. The highest BCUT2D eigenvalue weighted by molar-refractivity contribution is 7.87. The largest absolute Gasteiger partial charge is 0.443 e. The molecule has 1 aliphatic heterocycles. The standard InChI is InChI=1S/C18H28ClN5O6S/c1-17(2,3)30-16(25)24(31(20,26)27)8-10-6-11(15-14(10)28-18(4,5)29-15)23-13-7-12(19)21-9-22-13/h7,9-11,14-15H,6,8H2,1-5H3,(H2,20,26,27)(H,21,22,23)/t10-,11-,14-,15+/m1/s1. The Hall–Kier alpha value is -1.73. The van der Waals surface area contributed by atoms with Crippen LogP contribution in [0.15, 0.2) is 12.4 Å². The number of hydrogen-bond donors (Lipinski definition) is 2. The van der Waals surface area contributed by atoms with E-state index in [4.69, 9.17) is 31.0 Å². The summed E-state index contributed by atoms with van der Waals surface area (Å²) in [5, 5.41) is 8.84. The van der Waals surface area contributed by atoms with Crippen molar-refractivity contribution >= 4 is 33.7 Å². The molecule has 2 aliphatic rings. The lowest BCUT2D eigenvalue weighted by atomic mass is 10.1. The molecule has 0 bridgehead atoms. The predicted octanol–water partition coefficient (Wildman–Crippen LogP) is 1.89. The molecule has 2 heterocycles. The van der Waals surface area contributed by atoms with Crippen LogP contribution in [-0.4, -0.2) is 65.0 Å². The van der Waals surface area contributed by atoms with Crippen LogP contribution in [0.1, 0.15) is 41.0 Å². The number of anilines is 1. The van der Waals surface area contributed by atoms with Gasteiger partial charge in [0.15, 0.2) is 5.79 Å². The molecule has 3 N–H and O–H groups in total. The number of carbonyl (C=O) groups is 1. The first-order valence-electron chi connectivity index (χ1n) is 9.78. The average molecular weight is 478 g/mol. The van der Waals surface area contributed by atoms with Gasteiger partial charge >= 0.3 is 16.3 Å². The molecular weight excluding hydrogens is 450 g/mol. The Kier molecular flexibility index (Phi) is 6.42. The molecule has 1 saturated carbocycles. The molecule has 1 aromatic heterocycles. The van der Waals surface area contributed by atoms with Crippen molar-refractivity contribution in [2.24, 2.45) is 11.1 Å². The second kappa shape index (κ2) is 8.32. The van der Waals surface area contributed by atoms with Crippen LogP contribution < -0.4 is 10.5 Å². The molecule has 2 fully saturated rings. The van der Waals surface area contributed by atoms with Crippen molar-refractivity contribution in [2.75, 3.05) is 11.9 Å². The number of carbonyl (C=O) groups excluding carboxylic acids is 1. The first-order valence-corrected chi connectivity index (χ1v) is 11.7. The third kappa shape index (κ3) is 5.95. The Morgan fingerprint density at radius 3 is 2.58 bits per heavy atom. The van der Waals surface area contributed by atoms with Gasteiger partial charge in [0, 0.05) is 18.5 Å². The van der Waals surface area contributed by atoms with E-state index < -0.39 is 45.8 Å². The van der Waals surface area contributed by atoms with Crippen LogP contribution in [0.5, 0.6) is 0 Å². The van der Waals surface area contributed by atoms with Crippen molar-refractivity contribution < 1.29 is 27.4 Å². The van der Waals surface area contributed by atoms with Gasteiger partial charge in [-0.1, -0.05) is 11.6 Å². The molecule has 0 radical (unpaired) electrons. The van der Waals surface area contributed by atoms with Crippen LogP contribution in [0.2, 0.25) is 5.15 Å². The predicted molar refractivity (Wildman–Crippen MR) is 112 cm³/mol. The van der Waals surface area contributed by atoms with Gasteiger partial charge in [0.05, 0.1) is 12.1 Å². The molecule has 4 atom stereocenters. The summed E-state index contributed by atoms with van der Waals surface area (Å²) in [5.41, 5.74) is -0.885. The average Bonchev–Trinajstić information content (AvgIpc) is 3.04. The van der Waals surface area contributed by atoms with Crippen LogP contribution in [-0.2, 0) is 24.4 Å². The molecule has 11 nitrogen and oxygen atoms in total. The van der Waals surface area contributed by atoms with Gasteiger partial charge in [0.25, 0.3) is 0 Å². The molecule has 13 heteroatoms. The second-order valence-corrected chi connectivity index (χ2v) is 11.0. The van der Waals surface area contributed by atoms with E-state index in [1.807, 2.05) is 0 Å². The Bertz CT molecular complexity index is 938. The Balaban J connectivity index is 1.83. The molecule has 0 aromatic carbocycles. The molecule has 31 heavy (non-hydrogen) atoms. The maximum absolute atomic E-state index is 12.5. The van der Waals surface area contributed by atoms with Gasteiger partial charge in [-0.3, -0.25) is 0 Å². The highest BCUT2D eigenvalue weighted by atomic mass is 35.5. The lowest BCUT2D eigenvalue weighted by molar-refractivity contribution is -0.157. The van der Waals surface area contributed by atoms with E-state index in [1.54, 1.807) is 40.7 Å². The zero-order valence-electron chi connectivity index (χ0n) is 18.0. The summed E-state index contributed by atoms with van der Waals surface area (Å²) in [7, 11) is -4.36. The highest BCUT2D eigenvalue weighted by Gasteiger charge is 2.55. The number of amides is 1. The van der Waals surface area contributed by atoms with E-state index in [-0.39, 0.29) is 17.7 Å². The van der Waals surface area contributed by atoms with Gasteiger partial charge in [0.1, 0.15) is 29.0 Å². The van der Waals surface area contributed by atoms with Crippen molar-refractivity contribution in [2.45, 2.75) is 70.7 Å². The SMILES string of the molecule is CC(C)(C)OC(=O)N(C[C@H]1C[C@@H](Nc2cc(Cl)ncn2)[C@@H]2OC(C)(C)O[C@H]12)S(N)(=O)=O. The fourth-order valence-electron chi connectivity index (χ4n) is 3.82. The smallest absolute Gasteiger partial charge is 0.425 e. The third-order valence-corrected chi connectivity index (χ3v) is 5.97. The first kappa shape index (κ1) is 23.9. The third-order valence-electron chi connectivity index (χ3n) is 4.85. The molecule has 0 unspecified atom stereocenters. The van der Waals surface area contributed by atoms with Gasteiger partial charge < -0.3 is 19.5 Å². The van der Waals surface area contributed by atoms with Crippen molar-refractivity contribution in [1.82, 2.24) is 14.3 Å². The number of fused-ring (bicyclic) bond motifs is 1. The van der Waals surface area contributed by atoms with E-state index in [9.17, 15) is 13.2 Å². The molecule has 174 valence electrons. The van der Waals surface area contributed by atoms with E-state index in [2.05, 4.69) is 15.3 Å². The molecule has 1 saturated heterocycles. The molecule has 1 amide bonds. The minimum absolute atomic E-state index is 0.211. The van der Waals surface area contributed by atoms with Crippen molar-refractivity contribution in [3.8, 4) is 0 Å². The number of ether oxygens (including phenoxy) is 3. The van der Waals surface area contributed by atoms with Crippen LogP contribution in [0.3, 0.4) is 0 Å². The summed E-state index contributed by atoms with van der Waals surface area (Å²) >= 11 is 5.94. The summed E-state index contributed by atoms with van der Waals surface area (Å²) in [6.45, 7) is 8.25. The van der Waals surface area contributed by atoms with Gasteiger partial charge in [-0.15, -0.1) is 0 Å². The maximum Gasteiger partial charge on any atom is 0.425 e. The number of aromatic nitrogens is 2.